The summed E-state index contributed by atoms with van der Waals surface area (Å²) in [5, 5.41) is 12.9. The molecule has 0 fully saturated rings. The van der Waals surface area contributed by atoms with Gasteiger partial charge in [-0.1, -0.05) is 18.2 Å². The Kier molecular flexibility index (Phi) is 3.87. The van der Waals surface area contributed by atoms with Gasteiger partial charge in [-0.3, -0.25) is 14.3 Å². The van der Waals surface area contributed by atoms with Crippen LogP contribution in [0.2, 0.25) is 0 Å². The van der Waals surface area contributed by atoms with Gasteiger partial charge >= 0.3 is 0 Å². The van der Waals surface area contributed by atoms with Gasteiger partial charge in [0.15, 0.2) is 16.8 Å². The van der Waals surface area contributed by atoms with E-state index < -0.39 is 0 Å². The zero-order chi connectivity index (χ0) is 20.0. The average Bonchev–Trinajstić information content (AvgIpc) is 3.08. The standard InChI is InChI=1S/C20H14FN7O/c1-12-16(14-4-6-15(21)7-5-14)18-25-24-17-19(28(18)26-12)23-11-27(20(17)29)10-13-3-2-8-22-9-13/h2-9,11H,10H2,1H3. The zero-order valence-electron chi connectivity index (χ0n) is 15.3. The van der Waals surface area contributed by atoms with E-state index in [1.54, 1.807) is 24.5 Å². The third kappa shape index (κ3) is 2.83. The topological polar surface area (TPSA) is 90.9 Å². The molecule has 1 aromatic carbocycles. The molecule has 0 aliphatic rings. The number of rotatable bonds is 3. The molecule has 29 heavy (non-hydrogen) atoms. The summed E-state index contributed by atoms with van der Waals surface area (Å²) in [5.74, 6) is -0.324. The number of hydrogen-bond acceptors (Lipinski definition) is 6. The fourth-order valence-electron chi connectivity index (χ4n) is 3.32. The molecule has 9 heteroatoms. The van der Waals surface area contributed by atoms with E-state index >= 15 is 0 Å². The molecule has 5 aromatic rings. The van der Waals surface area contributed by atoms with E-state index in [-0.39, 0.29) is 16.9 Å². The number of fused-ring (bicyclic) bond motifs is 3. The Labute approximate surface area is 163 Å². The van der Waals surface area contributed by atoms with Crippen LogP contribution in [0.25, 0.3) is 27.9 Å². The van der Waals surface area contributed by atoms with Crippen molar-refractivity contribution in [2.24, 2.45) is 0 Å². The monoisotopic (exact) mass is 387 g/mol. The molecule has 0 unspecified atom stereocenters. The van der Waals surface area contributed by atoms with E-state index in [4.69, 9.17) is 0 Å². The minimum atomic E-state index is -0.324. The molecule has 4 heterocycles. The highest BCUT2D eigenvalue weighted by molar-refractivity contribution is 5.83. The fraction of sp³-hybridized carbons (Fsp3) is 0.100. The van der Waals surface area contributed by atoms with Crippen LogP contribution in [0.5, 0.6) is 0 Å². The van der Waals surface area contributed by atoms with Gasteiger partial charge in [0.25, 0.3) is 5.56 Å². The number of halogens is 1. The molecule has 8 nitrogen and oxygen atoms in total. The Morgan fingerprint density at radius 1 is 1.07 bits per heavy atom. The van der Waals surface area contributed by atoms with Gasteiger partial charge in [0.1, 0.15) is 12.1 Å². The summed E-state index contributed by atoms with van der Waals surface area (Å²) in [7, 11) is 0. The summed E-state index contributed by atoms with van der Waals surface area (Å²) >= 11 is 0. The largest absolute Gasteiger partial charge is 0.293 e. The summed E-state index contributed by atoms with van der Waals surface area (Å²) in [6.45, 7) is 2.15. The number of pyridine rings is 1. The van der Waals surface area contributed by atoms with Crippen molar-refractivity contribution < 1.29 is 4.39 Å². The van der Waals surface area contributed by atoms with Gasteiger partial charge in [0.05, 0.1) is 17.8 Å². The molecule has 142 valence electrons. The third-order valence-corrected chi connectivity index (χ3v) is 4.68. The molecule has 4 aromatic heterocycles. The van der Waals surface area contributed by atoms with Gasteiger partial charge < -0.3 is 0 Å². The average molecular weight is 387 g/mol. The number of nitrogens with zero attached hydrogens (tertiary/aromatic N) is 7. The maximum atomic E-state index is 13.3. The highest BCUT2D eigenvalue weighted by Crippen LogP contribution is 2.27. The van der Waals surface area contributed by atoms with Gasteiger partial charge in [-0.2, -0.15) is 9.61 Å². The smallest absolute Gasteiger partial charge is 0.283 e. The summed E-state index contributed by atoms with van der Waals surface area (Å²) in [6.07, 6.45) is 4.83. The summed E-state index contributed by atoms with van der Waals surface area (Å²) in [5.41, 5.74) is 3.62. The first-order chi connectivity index (χ1) is 14.1. The zero-order valence-corrected chi connectivity index (χ0v) is 15.3. The predicted molar refractivity (Wildman–Crippen MR) is 104 cm³/mol. The van der Waals surface area contributed by atoms with Crippen molar-refractivity contribution in [3.8, 4) is 11.1 Å². The first kappa shape index (κ1) is 17.1. The van der Waals surface area contributed by atoms with E-state index in [9.17, 15) is 9.18 Å². The van der Waals surface area contributed by atoms with Crippen LogP contribution in [0.1, 0.15) is 11.3 Å². The molecule has 0 amide bonds. The molecular weight excluding hydrogens is 373 g/mol. The highest BCUT2D eigenvalue weighted by atomic mass is 19.1. The molecule has 0 saturated heterocycles. The second-order valence-corrected chi connectivity index (χ2v) is 6.61. The van der Waals surface area contributed by atoms with Crippen LogP contribution in [-0.2, 0) is 6.54 Å². The molecule has 0 N–H and O–H groups in total. The van der Waals surface area contributed by atoms with Crippen LogP contribution < -0.4 is 5.56 Å². The lowest BCUT2D eigenvalue weighted by Gasteiger charge is -2.06. The second-order valence-electron chi connectivity index (χ2n) is 6.61. The number of aromatic nitrogens is 7. The van der Waals surface area contributed by atoms with Crippen molar-refractivity contribution >= 4 is 16.8 Å². The molecule has 0 bridgehead atoms. The van der Waals surface area contributed by atoms with Crippen LogP contribution in [-0.4, -0.2) is 34.3 Å². The number of hydrogen-bond donors (Lipinski definition) is 0. The Morgan fingerprint density at radius 3 is 2.66 bits per heavy atom. The molecule has 0 aliphatic heterocycles. The highest BCUT2D eigenvalue weighted by Gasteiger charge is 2.18. The second kappa shape index (κ2) is 6.55. The maximum absolute atomic E-state index is 13.3. The lowest BCUT2D eigenvalue weighted by Crippen LogP contribution is -2.23. The van der Waals surface area contributed by atoms with Gasteiger partial charge in [0.2, 0.25) is 0 Å². The molecule has 0 saturated carbocycles. The summed E-state index contributed by atoms with van der Waals surface area (Å²) in [4.78, 5) is 21.4. The van der Waals surface area contributed by atoms with E-state index in [0.717, 1.165) is 16.7 Å². The van der Waals surface area contributed by atoms with Crippen molar-refractivity contribution in [1.29, 1.82) is 0 Å². The summed E-state index contributed by atoms with van der Waals surface area (Å²) < 4.78 is 16.3. The Morgan fingerprint density at radius 2 is 1.90 bits per heavy atom. The molecular formula is C20H14FN7O. The fourth-order valence-corrected chi connectivity index (χ4v) is 3.32. The van der Waals surface area contributed by atoms with E-state index in [1.807, 2.05) is 19.1 Å². The number of benzene rings is 1. The van der Waals surface area contributed by atoms with Gasteiger partial charge in [-0.05, 0) is 36.2 Å². The van der Waals surface area contributed by atoms with Crippen LogP contribution in [0.4, 0.5) is 4.39 Å². The molecule has 0 spiro atoms. The van der Waals surface area contributed by atoms with Crippen molar-refractivity contribution in [3.63, 3.8) is 0 Å². The minimum absolute atomic E-state index is 0.122. The molecule has 5 rings (SSSR count). The van der Waals surface area contributed by atoms with Crippen LogP contribution >= 0.6 is 0 Å². The maximum Gasteiger partial charge on any atom is 0.283 e. The minimum Gasteiger partial charge on any atom is -0.293 e. The predicted octanol–water partition coefficient (Wildman–Crippen LogP) is 2.39. The molecule has 0 radical (unpaired) electrons. The van der Waals surface area contributed by atoms with Gasteiger partial charge in [-0.25, -0.2) is 9.37 Å². The Balaban J connectivity index is 1.68. The van der Waals surface area contributed by atoms with Crippen molar-refractivity contribution in [2.45, 2.75) is 13.5 Å². The third-order valence-electron chi connectivity index (χ3n) is 4.68. The van der Waals surface area contributed by atoms with Gasteiger partial charge in [0, 0.05) is 12.4 Å². The van der Waals surface area contributed by atoms with E-state index in [0.29, 0.717) is 23.5 Å². The SMILES string of the molecule is Cc1nn2c(nnc3c(=O)n(Cc4cccnc4)cnc32)c1-c1ccc(F)cc1. The van der Waals surface area contributed by atoms with Crippen molar-refractivity contribution in [2.75, 3.05) is 0 Å². The van der Waals surface area contributed by atoms with Crippen LogP contribution in [0.15, 0.2) is 59.9 Å². The lowest BCUT2D eigenvalue weighted by molar-refractivity contribution is 0.628. The van der Waals surface area contributed by atoms with Crippen molar-refractivity contribution in [1.82, 2.24) is 34.3 Å². The van der Waals surface area contributed by atoms with Gasteiger partial charge in [-0.15, -0.1) is 10.2 Å². The Hall–Kier alpha value is -4.01. The Bertz CT molecular complexity index is 1410. The number of aryl methyl sites for hydroxylation is 1. The van der Waals surface area contributed by atoms with E-state index in [2.05, 4.69) is 25.3 Å². The normalized spacial score (nSPS) is 11.4. The van der Waals surface area contributed by atoms with E-state index in [1.165, 1.54) is 27.5 Å². The van der Waals surface area contributed by atoms with Crippen molar-refractivity contribution in [3.05, 3.63) is 82.5 Å². The quantitative estimate of drug-likeness (QED) is 0.472. The lowest BCUT2D eigenvalue weighted by atomic mass is 10.1. The first-order valence-electron chi connectivity index (χ1n) is 8.88. The van der Waals surface area contributed by atoms with Crippen LogP contribution in [0.3, 0.4) is 0 Å². The first-order valence-corrected chi connectivity index (χ1v) is 8.88. The van der Waals surface area contributed by atoms with Crippen LogP contribution in [0, 0.1) is 12.7 Å². The summed E-state index contributed by atoms with van der Waals surface area (Å²) in [6, 6.07) is 9.76. The molecule has 0 aliphatic carbocycles. The molecule has 0 atom stereocenters.